The van der Waals surface area contributed by atoms with Gasteiger partial charge in [-0.2, -0.15) is 16.8 Å². The quantitative estimate of drug-likeness (QED) is 0.607. The smallest absolute Gasteiger partial charge is 0.282 e. The van der Waals surface area contributed by atoms with Gasteiger partial charge in [-0.15, -0.1) is 0 Å². The molecule has 0 saturated carbocycles. The van der Waals surface area contributed by atoms with Crippen molar-refractivity contribution in [2.75, 3.05) is 0 Å². The van der Waals surface area contributed by atoms with Gasteiger partial charge in [0.1, 0.15) is 9.79 Å². The van der Waals surface area contributed by atoms with Gasteiger partial charge in [-0.25, -0.2) is 0 Å². The zero-order chi connectivity index (χ0) is 17.3. The van der Waals surface area contributed by atoms with E-state index in [-0.39, 0.29) is 17.4 Å². The predicted octanol–water partition coefficient (Wildman–Crippen LogP) is 3.07. The van der Waals surface area contributed by atoms with Gasteiger partial charge in [0.2, 0.25) is 0 Å². The van der Waals surface area contributed by atoms with Gasteiger partial charge < -0.3 is 0 Å². The summed E-state index contributed by atoms with van der Waals surface area (Å²) in [5.41, 5.74) is 0.187. The molecule has 2 aromatic rings. The Morgan fingerprint density at radius 3 is 2.09 bits per heavy atom. The Hall–Kier alpha value is -1.48. The van der Waals surface area contributed by atoms with Crippen LogP contribution in [-0.2, 0) is 26.7 Å². The molecule has 0 bridgehead atoms. The van der Waals surface area contributed by atoms with E-state index in [1.54, 1.807) is 18.2 Å². The third-order valence-corrected chi connectivity index (χ3v) is 5.65. The molecule has 126 valence electrons. The van der Waals surface area contributed by atoms with Gasteiger partial charge in [0.25, 0.3) is 20.2 Å². The van der Waals surface area contributed by atoms with E-state index in [9.17, 15) is 25.9 Å². The predicted molar refractivity (Wildman–Crippen MR) is 86.8 cm³/mol. The van der Waals surface area contributed by atoms with Crippen molar-refractivity contribution in [2.24, 2.45) is 0 Å². The number of aryl methyl sites for hydroxylation is 1. The summed E-state index contributed by atoms with van der Waals surface area (Å²) in [6.45, 7) is 1.98. The fraction of sp³-hybridized carbons (Fsp3) is 0.333. The molecule has 0 fully saturated rings. The van der Waals surface area contributed by atoms with Crippen LogP contribution in [0.4, 0.5) is 0 Å². The van der Waals surface area contributed by atoms with Crippen LogP contribution in [0, 0.1) is 0 Å². The maximum atomic E-state index is 11.8. The van der Waals surface area contributed by atoms with E-state index in [4.69, 9.17) is 0 Å². The second-order valence-corrected chi connectivity index (χ2v) is 8.04. The molecular weight excluding hydrogens is 340 g/mol. The maximum Gasteiger partial charge on any atom is 0.296 e. The average Bonchev–Trinajstić information content (AvgIpc) is 2.44. The fourth-order valence-corrected chi connectivity index (χ4v) is 4.94. The highest BCUT2D eigenvalue weighted by molar-refractivity contribution is 7.89. The summed E-state index contributed by atoms with van der Waals surface area (Å²) in [5.74, 6) is 0. The SMILES string of the molecule is CCCCCc1cc2ccccc2c(S(=O)(=O)O)c1S(=O)(=O)O. The van der Waals surface area contributed by atoms with E-state index >= 15 is 0 Å². The van der Waals surface area contributed by atoms with Crippen molar-refractivity contribution in [3.05, 3.63) is 35.9 Å². The molecule has 2 aromatic carbocycles. The highest BCUT2D eigenvalue weighted by Crippen LogP contribution is 2.33. The molecule has 0 aromatic heterocycles. The van der Waals surface area contributed by atoms with E-state index in [1.807, 2.05) is 6.92 Å². The van der Waals surface area contributed by atoms with Crippen molar-refractivity contribution in [3.8, 4) is 0 Å². The first kappa shape index (κ1) is 17.9. The van der Waals surface area contributed by atoms with E-state index in [0.29, 0.717) is 11.8 Å². The second-order valence-electron chi connectivity index (χ2n) is 5.32. The lowest BCUT2D eigenvalue weighted by Crippen LogP contribution is -2.12. The Morgan fingerprint density at radius 1 is 0.913 bits per heavy atom. The van der Waals surface area contributed by atoms with Crippen LogP contribution in [0.1, 0.15) is 31.7 Å². The molecule has 0 saturated heterocycles. The van der Waals surface area contributed by atoms with Crippen LogP contribution in [0.2, 0.25) is 0 Å². The maximum absolute atomic E-state index is 11.8. The highest BCUT2D eigenvalue weighted by atomic mass is 32.2. The van der Waals surface area contributed by atoms with E-state index in [0.717, 1.165) is 12.8 Å². The molecular formula is C15H18O6S2. The average molecular weight is 358 g/mol. The van der Waals surface area contributed by atoms with E-state index in [1.165, 1.54) is 12.1 Å². The molecule has 0 unspecified atom stereocenters. The van der Waals surface area contributed by atoms with Crippen LogP contribution in [0.15, 0.2) is 40.1 Å². The van der Waals surface area contributed by atoms with Crippen molar-refractivity contribution in [2.45, 2.75) is 42.4 Å². The number of rotatable bonds is 6. The zero-order valence-electron chi connectivity index (χ0n) is 12.6. The Balaban J connectivity index is 2.89. The van der Waals surface area contributed by atoms with Gasteiger partial charge in [-0.05, 0) is 29.9 Å². The van der Waals surface area contributed by atoms with E-state index < -0.39 is 30.0 Å². The lowest BCUT2D eigenvalue weighted by molar-refractivity contribution is 0.466. The zero-order valence-corrected chi connectivity index (χ0v) is 14.2. The molecule has 0 atom stereocenters. The molecule has 0 aliphatic carbocycles. The third-order valence-electron chi connectivity index (χ3n) is 3.60. The Bertz CT molecular complexity index is 930. The Morgan fingerprint density at radius 2 is 1.52 bits per heavy atom. The molecule has 2 rings (SSSR count). The van der Waals surface area contributed by atoms with Crippen LogP contribution >= 0.6 is 0 Å². The normalized spacial score (nSPS) is 12.7. The van der Waals surface area contributed by atoms with Crippen molar-refractivity contribution >= 4 is 31.0 Å². The molecule has 6 nitrogen and oxygen atoms in total. The molecule has 23 heavy (non-hydrogen) atoms. The molecule has 0 aliphatic heterocycles. The molecule has 2 N–H and O–H groups in total. The van der Waals surface area contributed by atoms with Gasteiger partial charge in [0.05, 0.1) is 0 Å². The minimum absolute atomic E-state index is 0.0573. The van der Waals surface area contributed by atoms with Gasteiger partial charge in [-0.3, -0.25) is 9.11 Å². The van der Waals surface area contributed by atoms with Gasteiger partial charge in [-0.1, -0.05) is 44.0 Å². The van der Waals surface area contributed by atoms with Crippen molar-refractivity contribution in [3.63, 3.8) is 0 Å². The molecule has 8 heteroatoms. The van der Waals surface area contributed by atoms with Crippen LogP contribution in [0.25, 0.3) is 10.8 Å². The van der Waals surface area contributed by atoms with Gasteiger partial charge >= 0.3 is 0 Å². The summed E-state index contributed by atoms with van der Waals surface area (Å²) >= 11 is 0. The summed E-state index contributed by atoms with van der Waals surface area (Å²) in [6.07, 6.45) is 2.66. The number of fused-ring (bicyclic) bond motifs is 1. The molecule has 0 radical (unpaired) electrons. The highest BCUT2D eigenvalue weighted by Gasteiger charge is 2.29. The number of hydrogen-bond acceptors (Lipinski definition) is 4. The molecule has 0 aliphatic rings. The van der Waals surface area contributed by atoms with Crippen LogP contribution < -0.4 is 0 Å². The van der Waals surface area contributed by atoms with Gasteiger partial charge in [0, 0.05) is 5.39 Å². The minimum Gasteiger partial charge on any atom is -0.282 e. The standard InChI is InChI=1S/C15H18O6S2/c1-2-3-4-8-12-10-11-7-5-6-9-13(11)15(23(19,20)21)14(12)22(16,17)18/h5-7,9-10H,2-4,8H2,1H3,(H,16,17,18)(H,19,20,21). The molecule has 0 amide bonds. The van der Waals surface area contributed by atoms with Gasteiger partial charge in [0.15, 0.2) is 0 Å². The lowest BCUT2D eigenvalue weighted by Gasteiger charge is -2.14. The monoisotopic (exact) mass is 358 g/mol. The summed E-state index contributed by atoms with van der Waals surface area (Å²) in [7, 11) is -9.65. The van der Waals surface area contributed by atoms with E-state index in [2.05, 4.69) is 0 Å². The summed E-state index contributed by atoms with van der Waals surface area (Å²) in [4.78, 5) is -1.49. The minimum atomic E-state index is -4.84. The van der Waals surface area contributed by atoms with Crippen molar-refractivity contribution < 1.29 is 25.9 Å². The molecule has 0 spiro atoms. The van der Waals surface area contributed by atoms with Crippen LogP contribution in [-0.4, -0.2) is 25.9 Å². The summed E-state index contributed by atoms with van der Waals surface area (Å²) < 4.78 is 66.2. The van der Waals surface area contributed by atoms with Crippen molar-refractivity contribution in [1.29, 1.82) is 0 Å². The Labute approximate surface area is 135 Å². The number of benzene rings is 2. The first-order valence-electron chi connectivity index (χ1n) is 7.16. The largest absolute Gasteiger partial charge is 0.296 e. The summed E-state index contributed by atoms with van der Waals surface area (Å²) in [5, 5.41) is 0.542. The second kappa shape index (κ2) is 6.56. The number of unbranched alkanes of at least 4 members (excludes halogenated alkanes) is 2. The fourth-order valence-electron chi connectivity index (χ4n) is 2.64. The lowest BCUT2D eigenvalue weighted by atomic mass is 10.0. The van der Waals surface area contributed by atoms with Crippen molar-refractivity contribution in [1.82, 2.24) is 0 Å². The molecule has 0 heterocycles. The summed E-state index contributed by atoms with van der Waals surface area (Å²) in [6, 6.07) is 7.77. The first-order chi connectivity index (χ1) is 10.7. The topological polar surface area (TPSA) is 109 Å². The Kier molecular flexibility index (Phi) is 5.10. The first-order valence-corrected chi connectivity index (χ1v) is 10.0. The third kappa shape index (κ3) is 3.89. The number of hydrogen-bond donors (Lipinski definition) is 2. The van der Waals surface area contributed by atoms with Crippen LogP contribution in [0.5, 0.6) is 0 Å². The van der Waals surface area contributed by atoms with Crippen LogP contribution in [0.3, 0.4) is 0 Å².